The maximum Gasteiger partial charge on any atom is 0.238 e. The van der Waals surface area contributed by atoms with Gasteiger partial charge < -0.3 is 10.1 Å². The Bertz CT molecular complexity index is 512. The molecule has 1 aromatic rings. The van der Waals surface area contributed by atoms with Crippen LogP contribution < -0.4 is 10.1 Å². The smallest absolute Gasteiger partial charge is 0.238 e. The molecular weight excluding hydrogens is 300 g/mol. The van der Waals surface area contributed by atoms with Gasteiger partial charge in [0.2, 0.25) is 5.91 Å². The van der Waals surface area contributed by atoms with Crippen LogP contribution in [0.1, 0.15) is 37.7 Å². The first kappa shape index (κ1) is 17.1. The van der Waals surface area contributed by atoms with Gasteiger partial charge in [-0.25, -0.2) is 0 Å². The van der Waals surface area contributed by atoms with Crippen LogP contribution in [0, 0.1) is 6.92 Å². The number of anilines is 1. The van der Waals surface area contributed by atoms with E-state index in [1.807, 2.05) is 13.0 Å². The number of carbonyl (C=O) groups is 1. The third-order valence-electron chi connectivity index (χ3n) is 4.07. The van der Waals surface area contributed by atoms with Crippen LogP contribution in [-0.4, -0.2) is 37.6 Å². The first-order valence-electron chi connectivity index (χ1n) is 7.96. The monoisotopic (exact) mass is 324 g/mol. The molecule has 5 heteroatoms. The molecule has 1 amide bonds. The molecule has 1 fully saturated rings. The van der Waals surface area contributed by atoms with E-state index in [9.17, 15) is 4.79 Å². The molecule has 0 spiro atoms. The average Bonchev–Trinajstić information content (AvgIpc) is 2.45. The minimum Gasteiger partial charge on any atom is -0.495 e. The molecule has 0 aromatic heterocycles. The Morgan fingerprint density at radius 1 is 1.23 bits per heavy atom. The molecule has 1 N–H and O–H groups in total. The molecule has 1 heterocycles. The largest absolute Gasteiger partial charge is 0.495 e. The number of benzene rings is 1. The van der Waals surface area contributed by atoms with Gasteiger partial charge in [0.05, 0.1) is 19.3 Å². The van der Waals surface area contributed by atoms with Crippen molar-refractivity contribution in [1.29, 1.82) is 0 Å². The molecule has 0 aliphatic carbocycles. The SMILES string of the molecule is COc1cc(Cl)c(C)cc1NC(=O)CN1CCCCCCC1. The average molecular weight is 325 g/mol. The van der Waals surface area contributed by atoms with Crippen LogP contribution in [-0.2, 0) is 4.79 Å². The molecule has 0 bridgehead atoms. The maximum absolute atomic E-state index is 12.3. The lowest BCUT2D eigenvalue weighted by molar-refractivity contribution is -0.117. The molecule has 22 heavy (non-hydrogen) atoms. The standard InChI is InChI=1S/C17H25ClN2O2/c1-13-10-15(16(22-2)11-14(13)18)19-17(21)12-20-8-6-4-3-5-7-9-20/h10-11H,3-9,12H2,1-2H3,(H,19,21). The van der Waals surface area contributed by atoms with E-state index in [2.05, 4.69) is 10.2 Å². The number of halogens is 1. The Hall–Kier alpha value is -1.26. The highest BCUT2D eigenvalue weighted by atomic mass is 35.5. The molecule has 2 rings (SSSR count). The van der Waals surface area contributed by atoms with Crippen molar-refractivity contribution in [3.05, 3.63) is 22.7 Å². The Morgan fingerprint density at radius 2 is 1.86 bits per heavy atom. The van der Waals surface area contributed by atoms with Gasteiger partial charge in [0.25, 0.3) is 0 Å². The highest BCUT2D eigenvalue weighted by molar-refractivity contribution is 6.31. The van der Waals surface area contributed by atoms with Gasteiger partial charge in [-0.15, -0.1) is 0 Å². The number of methoxy groups -OCH3 is 1. The molecule has 1 saturated heterocycles. The first-order chi connectivity index (χ1) is 10.6. The first-order valence-corrected chi connectivity index (χ1v) is 8.34. The molecule has 0 unspecified atom stereocenters. The lowest BCUT2D eigenvalue weighted by atomic mass is 10.1. The second-order valence-electron chi connectivity index (χ2n) is 5.89. The second-order valence-corrected chi connectivity index (χ2v) is 6.30. The van der Waals surface area contributed by atoms with E-state index in [-0.39, 0.29) is 5.91 Å². The summed E-state index contributed by atoms with van der Waals surface area (Å²) in [5.74, 6) is 0.595. The number of carbonyl (C=O) groups excluding carboxylic acids is 1. The Balaban J connectivity index is 1.97. The number of likely N-dealkylation sites (tertiary alicyclic amines) is 1. The van der Waals surface area contributed by atoms with E-state index in [0.29, 0.717) is 23.0 Å². The van der Waals surface area contributed by atoms with Crippen molar-refractivity contribution in [2.45, 2.75) is 39.0 Å². The summed E-state index contributed by atoms with van der Waals surface area (Å²) in [7, 11) is 1.58. The Kier molecular flexibility index (Phi) is 6.52. The molecule has 4 nitrogen and oxygen atoms in total. The maximum atomic E-state index is 12.3. The van der Waals surface area contributed by atoms with E-state index in [1.165, 1.54) is 32.1 Å². The Labute approximate surface area is 137 Å². The van der Waals surface area contributed by atoms with Crippen LogP contribution in [0.4, 0.5) is 5.69 Å². The second kappa shape index (κ2) is 8.39. The lowest BCUT2D eigenvalue weighted by Gasteiger charge is -2.24. The fourth-order valence-corrected chi connectivity index (χ4v) is 2.95. The molecule has 1 aliphatic heterocycles. The van der Waals surface area contributed by atoms with Gasteiger partial charge in [0.1, 0.15) is 5.75 Å². The summed E-state index contributed by atoms with van der Waals surface area (Å²) in [6, 6.07) is 3.59. The Morgan fingerprint density at radius 3 is 2.50 bits per heavy atom. The highest BCUT2D eigenvalue weighted by Gasteiger charge is 2.15. The molecule has 122 valence electrons. The van der Waals surface area contributed by atoms with Gasteiger partial charge in [0.15, 0.2) is 0 Å². The fourth-order valence-electron chi connectivity index (χ4n) is 2.79. The number of aryl methyl sites for hydroxylation is 1. The number of nitrogens with zero attached hydrogens (tertiary/aromatic N) is 1. The summed E-state index contributed by atoms with van der Waals surface area (Å²) < 4.78 is 5.30. The van der Waals surface area contributed by atoms with E-state index < -0.39 is 0 Å². The third-order valence-corrected chi connectivity index (χ3v) is 4.48. The van der Waals surface area contributed by atoms with Crippen LogP contribution in [0.15, 0.2) is 12.1 Å². The summed E-state index contributed by atoms with van der Waals surface area (Å²) >= 11 is 6.09. The van der Waals surface area contributed by atoms with E-state index in [4.69, 9.17) is 16.3 Å². The quantitative estimate of drug-likeness (QED) is 0.914. The number of amides is 1. The zero-order valence-electron chi connectivity index (χ0n) is 13.5. The van der Waals surface area contributed by atoms with Crippen LogP contribution >= 0.6 is 11.6 Å². The minimum absolute atomic E-state index is 0.000552. The molecule has 0 radical (unpaired) electrons. The number of ether oxygens (including phenoxy) is 1. The van der Waals surface area contributed by atoms with Gasteiger partial charge in [0, 0.05) is 11.1 Å². The zero-order chi connectivity index (χ0) is 15.9. The summed E-state index contributed by atoms with van der Waals surface area (Å²) in [4.78, 5) is 14.5. The highest BCUT2D eigenvalue weighted by Crippen LogP contribution is 2.30. The zero-order valence-corrected chi connectivity index (χ0v) is 14.2. The number of nitrogens with one attached hydrogen (secondary N) is 1. The predicted molar refractivity (Wildman–Crippen MR) is 90.9 cm³/mol. The topological polar surface area (TPSA) is 41.6 Å². The van der Waals surface area contributed by atoms with Crippen molar-refractivity contribution in [1.82, 2.24) is 4.90 Å². The van der Waals surface area contributed by atoms with E-state index in [0.717, 1.165) is 18.7 Å². The van der Waals surface area contributed by atoms with Crippen molar-refractivity contribution < 1.29 is 9.53 Å². The molecule has 1 aromatic carbocycles. The summed E-state index contributed by atoms with van der Waals surface area (Å²) in [6.07, 6.45) is 6.21. The van der Waals surface area contributed by atoms with Crippen LogP contribution in [0.3, 0.4) is 0 Å². The van der Waals surface area contributed by atoms with Crippen molar-refractivity contribution in [2.75, 3.05) is 32.1 Å². The van der Waals surface area contributed by atoms with Crippen molar-refractivity contribution in [2.24, 2.45) is 0 Å². The van der Waals surface area contributed by atoms with Gasteiger partial charge in [-0.1, -0.05) is 30.9 Å². The third kappa shape index (κ3) is 4.89. The number of hydrogen-bond donors (Lipinski definition) is 1. The molecule has 1 aliphatic rings. The van der Waals surface area contributed by atoms with E-state index in [1.54, 1.807) is 13.2 Å². The summed E-state index contributed by atoms with van der Waals surface area (Å²) in [5.41, 5.74) is 1.60. The summed E-state index contributed by atoms with van der Waals surface area (Å²) in [5, 5.41) is 3.59. The van der Waals surface area contributed by atoms with Crippen LogP contribution in [0.5, 0.6) is 5.75 Å². The predicted octanol–water partition coefficient (Wildman–Crippen LogP) is 3.86. The van der Waals surface area contributed by atoms with Crippen LogP contribution in [0.2, 0.25) is 5.02 Å². The molecular formula is C17H25ClN2O2. The summed E-state index contributed by atoms with van der Waals surface area (Å²) in [6.45, 7) is 4.36. The molecule has 0 saturated carbocycles. The molecule has 0 atom stereocenters. The van der Waals surface area contributed by atoms with Crippen molar-refractivity contribution in [3.8, 4) is 5.75 Å². The van der Waals surface area contributed by atoms with Crippen molar-refractivity contribution in [3.63, 3.8) is 0 Å². The number of rotatable bonds is 4. The lowest BCUT2D eigenvalue weighted by Crippen LogP contribution is -2.35. The number of hydrogen-bond acceptors (Lipinski definition) is 3. The van der Waals surface area contributed by atoms with Crippen LogP contribution in [0.25, 0.3) is 0 Å². The normalized spacial score (nSPS) is 16.7. The fraction of sp³-hybridized carbons (Fsp3) is 0.588. The van der Waals surface area contributed by atoms with Gasteiger partial charge in [-0.2, -0.15) is 0 Å². The van der Waals surface area contributed by atoms with Gasteiger partial charge in [-0.3, -0.25) is 9.69 Å². The minimum atomic E-state index is 0.000552. The van der Waals surface area contributed by atoms with Gasteiger partial charge in [-0.05, 0) is 44.5 Å². The van der Waals surface area contributed by atoms with E-state index >= 15 is 0 Å². The van der Waals surface area contributed by atoms with Gasteiger partial charge >= 0.3 is 0 Å². The van der Waals surface area contributed by atoms with Crippen molar-refractivity contribution >= 4 is 23.2 Å².